The lowest BCUT2D eigenvalue weighted by Gasteiger charge is -2.25. The maximum atomic E-state index is 11.7. The number of amides is 1. The largest absolute Gasteiger partial charge is 0.480 e. The van der Waals surface area contributed by atoms with E-state index in [4.69, 9.17) is 15.9 Å². The number of nitrogens with two attached hydrogens (primary N) is 1. The Hall–Kier alpha value is -1.14. The van der Waals surface area contributed by atoms with Crippen LogP contribution in [0.15, 0.2) is 0 Å². The first-order chi connectivity index (χ1) is 7.35. The van der Waals surface area contributed by atoms with Crippen LogP contribution in [0.1, 0.15) is 33.1 Å². The summed E-state index contributed by atoms with van der Waals surface area (Å²) >= 11 is 0. The van der Waals surface area contributed by atoms with Crippen LogP contribution in [0.25, 0.3) is 0 Å². The fraction of sp³-hybridized carbons (Fsp3) is 0.800. The first-order valence-electron chi connectivity index (χ1n) is 5.28. The Morgan fingerprint density at radius 2 is 2.06 bits per heavy atom. The zero-order valence-electron chi connectivity index (χ0n) is 9.69. The van der Waals surface area contributed by atoms with Crippen LogP contribution in [0.4, 0.5) is 0 Å². The van der Waals surface area contributed by atoms with Gasteiger partial charge in [-0.05, 0) is 13.3 Å². The van der Waals surface area contributed by atoms with Crippen molar-refractivity contribution in [2.75, 3.05) is 6.61 Å². The van der Waals surface area contributed by atoms with Gasteiger partial charge in [-0.25, -0.2) is 4.79 Å². The normalized spacial score (nSPS) is 16.2. The van der Waals surface area contributed by atoms with Crippen LogP contribution < -0.4 is 11.1 Å². The van der Waals surface area contributed by atoms with Gasteiger partial charge in [0.2, 0.25) is 5.91 Å². The van der Waals surface area contributed by atoms with Crippen LogP contribution in [-0.2, 0) is 9.59 Å². The molecule has 0 saturated heterocycles. The summed E-state index contributed by atoms with van der Waals surface area (Å²) < 4.78 is 0. The molecular weight excluding hydrogens is 212 g/mol. The molecule has 1 unspecified atom stereocenters. The van der Waals surface area contributed by atoms with Crippen LogP contribution in [0.3, 0.4) is 0 Å². The average molecular weight is 232 g/mol. The molecule has 1 amide bonds. The highest BCUT2D eigenvalue weighted by Crippen LogP contribution is 2.09. The number of rotatable bonds is 7. The Labute approximate surface area is 94.8 Å². The molecule has 6 heteroatoms. The van der Waals surface area contributed by atoms with Crippen molar-refractivity contribution < 1.29 is 19.8 Å². The minimum atomic E-state index is -1.17. The maximum Gasteiger partial charge on any atom is 0.326 e. The highest BCUT2D eigenvalue weighted by molar-refractivity contribution is 5.89. The number of carbonyl (C=O) groups is 2. The molecule has 0 aromatic carbocycles. The number of aliphatic hydroxyl groups is 1. The smallest absolute Gasteiger partial charge is 0.326 e. The van der Waals surface area contributed by atoms with Gasteiger partial charge in [0, 0.05) is 13.0 Å². The summed E-state index contributed by atoms with van der Waals surface area (Å²) in [5, 5.41) is 19.8. The molecule has 0 saturated carbocycles. The molecule has 0 aromatic rings. The lowest BCUT2D eigenvalue weighted by Crippen LogP contribution is -2.55. The van der Waals surface area contributed by atoms with Crippen molar-refractivity contribution in [3.8, 4) is 0 Å². The molecule has 0 heterocycles. The molecule has 0 aliphatic rings. The summed E-state index contributed by atoms with van der Waals surface area (Å²) in [5.41, 5.74) is 4.68. The van der Waals surface area contributed by atoms with Crippen LogP contribution in [0, 0.1) is 0 Å². The third-order valence-electron chi connectivity index (χ3n) is 2.31. The molecule has 5 N–H and O–H groups in total. The van der Waals surface area contributed by atoms with Crippen molar-refractivity contribution >= 4 is 11.9 Å². The van der Waals surface area contributed by atoms with E-state index in [1.807, 2.05) is 6.92 Å². The van der Waals surface area contributed by atoms with Gasteiger partial charge in [0.1, 0.15) is 6.04 Å². The van der Waals surface area contributed by atoms with Gasteiger partial charge in [-0.3, -0.25) is 4.79 Å². The van der Waals surface area contributed by atoms with Gasteiger partial charge < -0.3 is 21.3 Å². The number of nitrogens with one attached hydrogen (secondary N) is 1. The number of carbonyl (C=O) groups excluding carboxylic acids is 1. The summed E-state index contributed by atoms with van der Waals surface area (Å²) in [4.78, 5) is 22.4. The summed E-state index contributed by atoms with van der Waals surface area (Å²) in [6.07, 6.45) is 1.19. The van der Waals surface area contributed by atoms with Crippen molar-refractivity contribution in [1.29, 1.82) is 0 Å². The monoisotopic (exact) mass is 232 g/mol. The quantitative estimate of drug-likeness (QED) is 0.470. The minimum absolute atomic E-state index is 0.0245. The second-order valence-electron chi connectivity index (χ2n) is 4.04. The van der Waals surface area contributed by atoms with Crippen molar-refractivity contribution in [3.63, 3.8) is 0 Å². The Kier molecular flexibility index (Phi) is 5.98. The van der Waals surface area contributed by atoms with E-state index in [0.29, 0.717) is 6.42 Å². The summed E-state index contributed by atoms with van der Waals surface area (Å²) in [7, 11) is 0. The second-order valence-corrected chi connectivity index (χ2v) is 4.04. The van der Waals surface area contributed by atoms with E-state index in [2.05, 4.69) is 5.32 Å². The number of hydrogen-bond acceptors (Lipinski definition) is 4. The molecular formula is C10H20N2O4. The first kappa shape index (κ1) is 14.9. The molecule has 94 valence electrons. The zero-order valence-corrected chi connectivity index (χ0v) is 9.69. The van der Waals surface area contributed by atoms with Crippen molar-refractivity contribution in [2.45, 2.75) is 44.7 Å². The summed E-state index contributed by atoms with van der Waals surface area (Å²) in [5.74, 6) is -1.68. The van der Waals surface area contributed by atoms with E-state index >= 15 is 0 Å². The Morgan fingerprint density at radius 3 is 2.44 bits per heavy atom. The summed E-state index contributed by atoms with van der Waals surface area (Å²) in [6.45, 7) is 3.15. The number of carboxylic acids is 1. The van der Waals surface area contributed by atoms with E-state index in [0.717, 1.165) is 6.42 Å². The SMILES string of the molecule is CCCC(C)(N)C(=O)N[C@@H](CCO)C(=O)O. The van der Waals surface area contributed by atoms with Gasteiger partial charge in [-0.1, -0.05) is 13.3 Å². The van der Waals surface area contributed by atoms with E-state index in [1.54, 1.807) is 6.92 Å². The Balaban J connectivity index is 4.44. The molecule has 0 spiro atoms. The molecule has 6 nitrogen and oxygen atoms in total. The highest BCUT2D eigenvalue weighted by Gasteiger charge is 2.30. The Bertz CT molecular complexity index is 253. The van der Waals surface area contributed by atoms with Gasteiger partial charge >= 0.3 is 5.97 Å². The fourth-order valence-corrected chi connectivity index (χ4v) is 1.34. The van der Waals surface area contributed by atoms with Gasteiger partial charge in [0.05, 0.1) is 5.54 Å². The van der Waals surface area contributed by atoms with Gasteiger partial charge in [0.15, 0.2) is 0 Å². The molecule has 0 radical (unpaired) electrons. The summed E-state index contributed by atoms with van der Waals surface area (Å²) in [6, 6.07) is -1.09. The fourth-order valence-electron chi connectivity index (χ4n) is 1.34. The maximum absolute atomic E-state index is 11.7. The predicted molar refractivity (Wildman–Crippen MR) is 58.8 cm³/mol. The molecule has 0 bridgehead atoms. The van der Waals surface area contributed by atoms with Crippen LogP contribution in [0.2, 0.25) is 0 Å². The van der Waals surface area contributed by atoms with E-state index in [9.17, 15) is 9.59 Å². The lowest BCUT2D eigenvalue weighted by atomic mass is 9.96. The lowest BCUT2D eigenvalue weighted by molar-refractivity contribution is -0.143. The van der Waals surface area contributed by atoms with Crippen LogP contribution >= 0.6 is 0 Å². The molecule has 16 heavy (non-hydrogen) atoms. The molecule has 0 aromatic heterocycles. The number of aliphatic hydroxyl groups excluding tert-OH is 1. The van der Waals surface area contributed by atoms with E-state index in [-0.39, 0.29) is 13.0 Å². The van der Waals surface area contributed by atoms with Gasteiger partial charge in [0.25, 0.3) is 0 Å². The third-order valence-corrected chi connectivity index (χ3v) is 2.31. The predicted octanol–water partition coefficient (Wildman–Crippen LogP) is -0.544. The topological polar surface area (TPSA) is 113 Å². The third kappa shape index (κ3) is 4.59. The second kappa shape index (κ2) is 6.44. The van der Waals surface area contributed by atoms with Crippen LogP contribution in [-0.4, -0.2) is 40.3 Å². The Morgan fingerprint density at radius 1 is 1.50 bits per heavy atom. The van der Waals surface area contributed by atoms with Crippen LogP contribution in [0.5, 0.6) is 0 Å². The molecule has 0 fully saturated rings. The average Bonchev–Trinajstić information content (AvgIpc) is 2.16. The minimum Gasteiger partial charge on any atom is -0.480 e. The van der Waals surface area contributed by atoms with Gasteiger partial charge in [-0.15, -0.1) is 0 Å². The van der Waals surface area contributed by atoms with Crippen molar-refractivity contribution in [1.82, 2.24) is 5.32 Å². The molecule has 0 aliphatic heterocycles. The molecule has 0 rings (SSSR count). The number of carboxylic acid groups (broad SMARTS) is 1. The van der Waals surface area contributed by atoms with Crippen molar-refractivity contribution in [2.24, 2.45) is 5.73 Å². The highest BCUT2D eigenvalue weighted by atomic mass is 16.4. The molecule has 0 aliphatic carbocycles. The van der Waals surface area contributed by atoms with E-state index < -0.39 is 23.5 Å². The molecule has 2 atom stereocenters. The van der Waals surface area contributed by atoms with E-state index in [1.165, 1.54) is 0 Å². The van der Waals surface area contributed by atoms with Crippen molar-refractivity contribution in [3.05, 3.63) is 0 Å². The zero-order chi connectivity index (χ0) is 12.8. The standard InChI is InChI=1S/C10H20N2O4/c1-3-5-10(2,11)9(16)12-7(4-6-13)8(14)15/h7,13H,3-6,11H2,1-2H3,(H,12,16)(H,14,15)/t7-,10?/m0/s1. The first-order valence-corrected chi connectivity index (χ1v) is 5.28. The number of hydrogen-bond donors (Lipinski definition) is 4. The van der Waals surface area contributed by atoms with Gasteiger partial charge in [-0.2, -0.15) is 0 Å². The number of aliphatic carboxylic acids is 1.